The van der Waals surface area contributed by atoms with Crippen LogP contribution in [0.1, 0.15) is 5.56 Å². The van der Waals surface area contributed by atoms with Gasteiger partial charge in [0.25, 0.3) is 0 Å². The van der Waals surface area contributed by atoms with Gasteiger partial charge in [-0.05, 0) is 24.6 Å². The number of nitrogens with two attached hydrogens (primary N) is 1. The van der Waals surface area contributed by atoms with Crippen LogP contribution < -0.4 is 10.6 Å². The molecule has 17 heavy (non-hydrogen) atoms. The first-order valence-electron chi connectivity index (χ1n) is 5.72. The minimum atomic E-state index is -0.515. The molecule has 2 N–H and O–H groups in total. The van der Waals surface area contributed by atoms with Crippen LogP contribution in [-0.4, -0.2) is 32.7 Å². The normalized spacial score (nSPS) is 17.4. The van der Waals surface area contributed by atoms with Crippen molar-refractivity contribution in [2.45, 2.75) is 6.92 Å². The SMILES string of the molecule is Cc1cccc(N(C)C(=O)C2(CN)COC2)c1. The quantitative estimate of drug-likeness (QED) is 0.846. The topological polar surface area (TPSA) is 55.6 Å². The summed E-state index contributed by atoms with van der Waals surface area (Å²) in [6.07, 6.45) is 0. The van der Waals surface area contributed by atoms with Gasteiger partial charge in [0.15, 0.2) is 0 Å². The van der Waals surface area contributed by atoms with Crippen LogP contribution in [0.15, 0.2) is 24.3 Å². The first-order valence-corrected chi connectivity index (χ1v) is 5.72. The van der Waals surface area contributed by atoms with E-state index < -0.39 is 5.41 Å². The van der Waals surface area contributed by atoms with Crippen LogP contribution in [-0.2, 0) is 9.53 Å². The Hall–Kier alpha value is -1.39. The molecule has 1 saturated heterocycles. The van der Waals surface area contributed by atoms with Crippen LogP contribution in [0.5, 0.6) is 0 Å². The van der Waals surface area contributed by atoms with E-state index in [4.69, 9.17) is 10.5 Å². The number of ether oxygens (including phenoxy) is 1. The van der Waals surface area contributed by atoms with E-state index >= 15 is 0 Å². The molecular formula is C13H18N2O2. The zero-order valence-electron chi connectivity index (χ0n) is 10.3. The average Bonchev–Trinajstić information content (AvgIpc) is 2.27. The van der Waals surface area contributed by atoms with E-state index in [-0.39, 0.29) is 5.91 Å². The van der Waals surface area contributed by atoms with Crippen molar-refractivity contribution in [1.29, 1.82) is 0 Å². The van der Waals surface area contributed by atoms with Crippen molar-refractivity contribution in [3.05, 3.63) is 29.8 Å². The van der Waals surface area contributed by atoms with Gasteiger partial charge in [-0.3, -0.25) is 4.79 Å². The molecule has 0 saturated carbocycles. The summed E-state index contributed by atoms with van der Waals surface area (Å²) >= 11 is 0. The number of nitrogens with zero attached hydrogens (tertiary/aromatic N) is 1. The summed E-state index contributed by atoms with van der Waals surface area (Å²) in [7, 11) is 1.78. The van der Waals surface area contributed by atoms with Gasteiger partial charge in [-0.2, -0.15) is 0 Å². The molecule has 4 nitrogen and oxygen atoms in total. The van der Waals surface area contributed by atoms with Gasteiger partial charge in [0, 0.05) is 19.3 Å². The lowest BCUT2D eigenvalue weighted by molar-refractivity contribution is -0.156. The number of hydrogen-bond acceptors (Lipinski definition) is 3. The van der Waals surface area contributed by atoms with Gasteiger partial charge in [-0.1, -0.05) is 12.1 Å². The van der Waals surface area contributed by atoms with Crippen molar-refractivity contribution in [3.63, 3.8) is 0 Å². The highest BCUT2D eigenvalue weighted by Gasteiger charge is 2.46. The molecule has 92 valence electrons. The van der Waals surface area contributed by atoms with E-state index in [1.54, 1.807) is 11.9 Å². The first-order chi connectivity index (χ1) is 8.09. The third kappa shape index (κ3) is 2.06. The predicted molar refractivity (Wildman–Crippen MR) is 66.9 cm³/mol. The number of aryl methyl sites for hydroxylation is 1. The molecule has 0 radical (unpaired) electrons. The molecule has 1 fully saturated rings. The predicted octanol–water partition coefficient (Wildman–Crippen LogP) is 0.933. The summed E-state index contributed by atoms with van der Waals surface area (Å²) in [5, 5.41) is 0. The summed E-state index contributed by atoms with van der Waals surface area (Å²) in [5.41, 5.74) is 7.20. The molecule has 1 heterocycles. The Morgan fingerprint density at radius 2 is 2.24 bits per heavy atom. The number of anilines is 1. The van der Waals surface area contributed by atoms with Crippen molar-refractivity contribution in [2.75, 3.05) is 31.7 Å². The molecule has 1 aromatic rings. The summed E-state index contributed by atoms with van der Waals surface area (Å²) in [6, 6.07) is 7.87. The van der Waals surface area contributed by atoms with Gasteiger partial charge in [0.2, 0.25) is 5.91 Å². The maximum atomic E-state index is 12.4. The fourth-order valence-corrected chi connectivity index (χ4v) is 1.99. The first kappa shape index (κ1) is 12.1. The molecule has 0 aliphatic carbocycles. The van der Waals surface area contributed by atoms with Crippen LogP contribution in [0.4, 0.5) is 5.69 Å². The molecular weight excluding hydrogens is 216 g/mol. The van der Waals surface area contributed by atoms with Crippen LogP contribution in [0, 0.1) is 12.3 Å². The van der Waals surface area contributed by atoms with Gasteiger partial charge in [0.1, 0.15) is 5.41 Å². The van der Waals surface area contributed by atoms with Gasteiger partial charge in [0.05, 0.1) is 13.2 Å². The minimum Gasteiger partial charge on any atom is -0.379 e. The molecule has 0 unspecified atom stereocenters. The van der Waals surface area contributed by atoms with Crippen LogP contribution >= 0.6 is 0 Å². The summed E-state index contributed by atoms with van der Waals surface area (Å²) < 4.78 is 5.13. The third-order valence-electron chi connectivity index (χ3n) is 3.29. The molecule has 1 aliphatic rings. The van der Waals surface area contributed by atoms with Gasteiger partial charge >= 0.3 is 0 Å². The Balaban J connectivity index is 2.20. The molecule has 0 atom stereocenters. The summed E-state index contributed by atoms with van der Waals surface area (Å²) in [4.78, 5) is 14.0. The summed E-state index contributed by atoms with van der Waals surface area (Å²) in [5.74, 6) is 0.0388. The molecule has 1 aromatic carbocycles. The lowest BCUT2D eigenvalue weighted by atomic mass is 9.84. The number of benzene rings is 1. The van der Waals surface area contributed by atoms with E-state index in [1.165, 1.54) is 0 Å². The molecule has 0 bridgehead atoms. The fourth-order valence-electron chi connectivity index (χ4n) is 1.99. The molecule has 1 amide bonds. The fraction of sp³-hybridized carbons (Fsp3) is 0.462. The van der Waals surface area contributed by atoms with Gasteiger partial charge in [-0.15, -0.1) is 0 Å². The number of hydrogen-bond donors (Lipinski definition) is 1. The number of carbonyl (C=O) groups is 1. The maximum absolute atomic E-state index is 12.4. The van der Waals surface area contributed by atoms with E-state index in [9.17, 15) is 4.79 Å². The van der Waals surface area contributed by atoms with E-state index in [0.717, 1.165) is 11.3 Å². The lowest BCUT2D eigenvalue weighted by Gasteiger charge is -2.41. The Labute approximate surface area is 101 Å². The molecule has 4 heteroatoms. The second-order valence-electron chi connectivity index (χ2n) is 4.68. The number of rotatable bonds is 3. The molecule has 0 spiro atoms. The number of amides is 1. The number of carbonyl (C=O) groups excluding carboxylic acids is 1. The molecule has 1 aliphatic heterocycles. The van der Waals surface area contributed by atoms with Gasteiger partial charge < -0.3 is 15.4 Å². The van der Waals surface area contributed by atoms with Crippen molar-refractivity contribution >= 4 is 11.6 Å². The van der Waals surface area contributed by atoms with E-state index in [1.807, 2.05) is 31.2 Å². The van der Waals surface area contributed by atoms with Gasteiger partial charge in [-0.25, -0.2) is 0 Å². The maximum Gasteiger partial charge on any atom is 0.238 e. The monoisotopic (exact) mass is 234 g/mol. The van der Waals surface area contributed by atoms with Crippen molar-refractivity contribution in [1.82, 2.24) is 0 Å². The second-order valence-corrected chi connectivity index (χ2v) is 4.68. The third-order valence-corrected chi connectivity index (χ3v) is 3.29. The zero-order valence-corrected chi connectivity index (χ0v) is 10.3. The lowest BCUT2D eigenvalue weighted by Crippen LogP contribution is -2.58. The van der Waals surface area contributed by atoms with Crippen molar-refractivity contribution < 1.29 is 9.53 Å². The molecule has 2 rings (SSSR count). The second kappa shape index (κ2) is 4.47. The smallest absolute Gasteiger partial charge is 0.238 e. The van der Waals surface area contributed by atoms with Crippen molar-refractivity contribution in [3.8, 4) is 0 Å². The van der Waals surface area contributed by atoms with Crippen LogP contribution in [0.2, 0.25) is 0 Å². The molecule has 0 aromatic heterocycles. The Morgan fingerprint density at radius 3 is 2.71 bits per heavy atom. The highest BCUT2D eigenvalue weighted by atomic mass is 16.5. The van der Waals surface area contributed by atoms with Crippen LogP contribution in [0.3, 0.4) is 0 Å². The Kier molecular flexibility index (Phi) is 3.17. The highest BCUT2D eigenvalue weighted by molar-refractivity contribution is 5.98. The van der Waals surface area contributed by atoms with Crippen molar-refractivity contribution in [2.24, 2.45) is 11.1 Å². The van der Waals surface area contributed by atoms with E-state index in [0.29, 0.717) is 19.8 Å². The summed E-state index contributed by atoms with van der Waals surface area (Å²) in [6.45, 7) is 3.20. The Bertz CT molecular complexity index is 422. The zero-order chi connectivity index (χ0) is 12.5. The van der Waals surface area contributed by atoms with E-state index in [2.05, 4.69) is 0 Å². The Morgan fingerprint density at radius 1 is 1.53 bits per heavy atom. The average molecular weight is 234 g/mol. The largest absolute Gasteiger partial charge is 0.379 e. The standard InChI is InChI=1S/C13H18N2O2/c1-10-4-3-5-11(6-10)15(2)12(16)13(7-14)8-17-9-13/h3-6H,7-9,14H2,1-2H3. The van der Waals surface area contributed by atoms with Crippen LogP contribution in [0.25, 0.3) is 0 Å². The highest BCUT2D eigenvalue weighted by Crippen LogP contribution is 2.30. The minimum absolute atomic E-state index is 0.0388.